The first-order valence-electron chi connectivity index (χ1n) is 6.18. The van der Waals surface area contributed by atoms with Crippen molar-refractivity contribution >= 4 is 23.4 Å². The summed E-state index contributed by atoms with van der Waals surface area (Å²) >= 11 is 1.86. The lowest BCUT2D eigenvalue weighted by molar-refractivity contribution is -0.137. The summed E-state index contributed by atoms with van der Waals surface area (Å²) in [7, 11) is 2.08. The van der Waals surface area contributed by atoms with Gasteiger partial charge < -0.3 is 10.0 Å². The predicted octanol–water partition coefficient (Wildman–Crippen LogP) is 3.08. The van der Waals surface area contributed by atoms with Crippen molar-refractivity contribution in [3.63, 3.8) is 0 Å². The van der Waals surface area contributed by atoms with Crippen LogP contribution >= 0.6 is 11.8 Å². The quantitative estimate of drug-likeness (QED) is 0.912. The first kappa shape index (κ1) is 13.3. The van der Waals surface area contributed by atoms with Crippen LogP contribution in [0.1, 0.15) is 24.0 Å². The molecule has 1 atom stereocenters. The van der Waals surface area contributed by atoms with Crippen LogP contribution in [0.15, 0.2) is 17.0 Å². The minimum Gasteiger partial charge on any atom is -0.481 e. The van der Waals surface area contributed by atoms with Gasteiger partial charge in [0.2, 0.25) is 0 Å². The fourth-order valence-corrected chi connectivity index (χ4v) is 3.92. The topological polar surface area (TPSA) is 40.5 Å². The number of fused-ring (bicyclic) bond motifs is 1. The molecule has 1 N–H and O–H groups in total. The monoisotopic (exact) mass is 265 g/mol. The minimum absolute atomic E-state index is 0.246. The number of carboxylic acid groups (broad SMARTS) is 1. The van der Waals surface area contributed by atoms with Gasteiger partial charge in [-0.15, -0.1) is 11.8 Å². The van der Waals surface area contributed by atoms with Crippen molar-refractivity contribution in [1.82, 2.24) is 0 Å². The van der Waals surface area contributed by atoms with Crippen LogP contribution in [-0.2, 0) is 4.79 Å². The van der Waals surface area contributed by atoms with Crippen molar-refractivity contribution in [2.75, 3.05) is 17.7 Å². The Hall–Kier alpha value is -1.16. The molecule has 1 aliphatic rings. The molecule has 98 valence electrons. The Kier molecular flexibility index (Phi) is 3.85. The molecule has 1 aromatic carbocycles. The van der Waals surface area contributed by atoms with E-state index in [0.29, 0.717) is 12.5 Å². The number of benzene rings is 1. The Morgan fingerprint density at radius 1 is 1.44 bits per heavy atom. The third kappa shape index (κ3) is 2.48. The van der Waals surface area contributed by atoms with Crippen molar-refractivity contribution in [3.05, 3.63) is 23.3 Å². The second kappa shape index (κ2) is 5.22. The highest BCUT2D eigenvalue weighted by molar-refractivity contribution is 7.99. The molecule has 18 heavy (non-hydrogen) atoms. The number of nitrogens with zero attached hydrogens (tertiary/aromatic N) is 1. The summed E-state index contributed by atoms with van der Waals surface area (Å²) in [5.74, 6) is 0.265. The predicted molar refractivity (Wildman–Crippen MR) is 75.7 cm³/mol. The molecule has 1 aromatic rings. The smallest absolute Gasteiger partial charge is 0.303 e. The van der Waals surface area contributed by atoms with Crippen LogP contribution in [0.3, 0.4) is 0 Å². The zero-order valence-electron chi connectivity index (χ0n) is 11.1. The first-order valence-corrected chi connectivity index (χ1v) is 7.17. The summed E-state index contributed by atoms with van der Waals surface area (Å²) in [4.78, 5) is 14.3. The molecule has 0 amide bonds. The van der Waals surface area contributed by atoms with E-state index in [2.05, 4.69) is 37.9 Å². The highest BCUT2D eigenvalue weighted by Crippen LogP contribution is 2.41. The number of carboxylic acids is 1. The molecule has 1 aliphatic heterocycles. The van der Waals surface area contributed by atoms with Crippen molar-refractivity contribution in [2.24, 2.45) is 0 Å². The largest absolute Gasteiger partial charge is 0.481 e. The number of aliphatic carboxylic acids is 1. The number of aryl methyl sites for hydroxylation is 2. The maximum absolute atomic E-state index is 10.7. The molecular formula is C14H19NO2S. The number of hydrogen-bond acceptors (Lipinski definition) is 3. The fraction of sp³-hybridized carbons (Fsp3) is 0.500. The minimum atomic E-state index is -0.708. The highest BCUT2D eigenvalue weighted by Gasteiger charge is 2.26. The second-order valence-electron chi connectivity index (χ2n) is 4.89. The molecule has 1 unspecified atom stereocenters. The fourth-order valence-electron chi connectivity index (χ4n) is 2.43. The standard InChI is InChI=1S/C14H19NO2S/c1-9-4-5-10(2)14-13(9)15(3)11(8-18-14)6-7-12(16)17/h4-5,11H,6-8H2,1-3H3,(H,16,17). The molecule has 2 rings (SSSR count). The van der Waals surface area contributed by atoms with Gasteiger partial charge in [0.15, 0.2) is 0 Å². The van der Waals surface area contributed by atoms with Crippen LogP contribution in [0.5, 0.6) is 0 Å². The van der Waals surface area contributed by atoms with E-state index in [1.807, 2.05) is 11.8 Å². The summed E-state index contributed by atoms with van der Waals surface area (Å²) in [5.41, 5.74) is 3.86. The third-order valence-corrected chi connectivity index (χ3v) is 4.90. The normalized spacial score (nSPS) is 18.6. The maximum Gasteiger partial charge on any atom is 0.303 e. The van der Waals surface area contributed by atoms with E-state index in [9.17, 15) is 4.79 Å². The molecule has 0 saturated carbocycles. The van der Waals surface area contributed by atoms with Crippen LogP contribution in [0, 0.1) is 13.8 Å². The van der Waals surface area contributed by atoms with E-state index in [-0.39, 0.29) is 6.42 Å². The zero-order valence-corrected chi connectivity index (χ0v) is 11.9. The molecule has 0 aliphatic carbocycles. The van der Waals surface area contributed by atoms with Gasteiger partial charge in [-0.2, -0.15) is 0 Å². The Morgan fingerprint density at radius 3 is 2.78 bits per heavy atom. The van der Waals surface area contributed by atoms with Gasteiger partial charge in [0.25, 0.3) is 0 Å². The number of rotatable bonds is 3. The summed E-state index contributed by atoms with van der Waals surface area (Å²) in [5, 5.41) is 8.80. The van der Waals surface area contributed by atoms with Crippen LogP contribution in [0.2, 0.25) is 0 Å². The lowest BCUT2D eigenvalue weighted by Gasteiger charge is -2.37. The summed E-state index contributed by atoms with van der Waals surface area (Å²) in [6.07, 6.45) is 0.960. The second-order valence-corrected chi connectivity index (χ2v) is 5.92. The Bertz CT molecular complexity index is 473. The molecular weight excluding hydrogens is 246 g/mol. The van der Waals surface area contributed by atoms with E-state index in [4.69, 9.17) is 5.11 Å². The molecule has 0 radical (unpaired) electrons. The SMILES string of the molecule is Cc1ccc(C)c2c1SCC(CCC(=O)O)N2C. The van der Waals surface area contributed by atoms with Crippen molar-refractivity contribution in [1.29, 1.82) is 0 Å². The number of carbonyl (C=O) groups is 1. The number of hydrogen-bond donors (Lipinski definition) is 1. The zero-order chi connectivity index (χ0) is 13.3. The number of anilines is 1. The summed E-state index contributed by atoms with van der Waals surface area (Å²) < 4.78 is 0. The lowest BCUT2D eigenvalue weighted by Crippen LogP contribution is -2.37. The summed E-state index contributed by atoms with van der Waals surface area (Å²) in [6, 6.07) is 4.62. The van der Waals surface area contributed by atoms with E-state index < -0.39 is 5.97 Å². The van der Waals surface area contributed by atoms with Gasteiger partial charge in [0, 0.05) is 30.2 Å². The lowest BCUT2D eigenvalue weighted by atomic mass is 10.1. The van der Waals surface area contributed by atoms with E-state index >= 15 is 0 Å². The van der Waals surface area contributed by atoms with Gasteiger partial charge in [0.1, 0.15) is 0 Å². The molecule has 0 aromatic heterocycles. The molecule has 3 nitrogen and oxygen atoms in total. The molecule has 0 saturated heterocycles. The van der Waals surface area contributed by atoms with Gasteiger partial charge >= 0.3 is 5.97 Å². The van der Waals surface area contributed by atoms with Gasteiger partial charge in [0.05, 0.1) is 5.69 Å². The molecule has 0 spiro atoms. The van der Waals surface area contributed by atoms with Crippen LogP contribution in [0.25, 0.3) is 0 Å². The van der Waals surface area contributed by atoms with E-state index in [0.717, 1.165) is 5.75 Å². The Morgan fingerprint density at radius 2 is 2.11 bits per heavy atom. The van der Waals surface area contributed by atoms with Gasteiger partial charge in [-0.25, -0.2) is 0 Å². The third-order valence-electron chi connectivity index (χ3n) is 3.54. The molecule has 0 bridgehead atoms. The average molecular weight is 265 g/mol. The van der Waals surface area contributed by atoms with Crippen LogP contribution < -0.4 is 4.90 Å². The van der Waals surface area contributed by atoms with Crippen LogP contribution in [-0.4, -0.2) is 29.9 Å². The average Bonchev–Trinajstić information content (AvgIpc) is 2.32. The Balaban J connectivity index is 2.25. The Labute approximate surface area is 112 Å². The van der Waals surface area contributed by atoms with Gasteiger partial charge in [-0.05, 0) is 31.4 Å². The van der Waals surface area contributed by atoms with Crippen molar-refractivity contribution < 1.29 is 9.90 Å². The number of thioether (sulfide) groups is 1. The van der Waals surface area contributed by atoms with E-state index in [1.54, 1.807) is 0 Å². The van der Waals surface area contributed by atoms with Crippen molar-refractivity contribution in [2.45, 2.75) is 37.6 Å². The summed E-state index contributed by atoms with van der Waals surface area (Å²) in [6.45, 7) is 4.26. The first-order chi connectivity index (χ1) is 8.50. The van der Waals surface area contributed by atoms with Gasteiger partial charge in [-0.1, -0.05) is 12.1 Å². The highest BCUT2D eigenvalue weighted by atomic mass is 32.2. The molecule has 4 heteroatoms. The van der Waals surface area contributed by atoms with Gasteiger partial charge in [-0.3, -0.25) is 4.79 Å². The van der Waals surface area contributed by atoms with Crippen molar-refractivity contribution in [3.8, 4) is 0 Å². The van der Waals surface area contributed by atoms with E-state index in [1.165, 1.54) is 21.7 Å². The van der Waals surface area contributed by atoms with Crippen LogP contribution in [0.4, 0.5) is 5.69 Å². The molecule has 0 fully saturated rings. The molecule has 1 heterocycles. The maximum atomic E-state index is 10.7.